The largest absolute Gasteiger partial charge is 0.494 e. The third-order valence-corrected chi connectivity index (χ3v) is 7.91. The minimum Gasteiger partial charge on any atom is -0.494 e. The molecule has 0 aliphatic carbocycles. The lowest BCUT2D eigenvalue weighted by atomic mass is 9.76. The molecule has 4 aromatic rings. The smallest absolute Gasteiger partial charge is 0.205 e. The van der Waals surface area contributed by atoms with E-state index in [1.165, 1.54) is 11.5 Å². The standard InChI is InChI=1S/C30H26N2O6/c1-17(33)18-8-10-19(11-9-18)37-15-14-30-16-24(34)29(2,38-30)25-26(30)28(36)32(27(25)35)23-13-12-22(31-3)20-6-4-5-7-21(20)23/h4-13,24,34-36H,14-16H2,1-2H3. The average molecular weight is 511 g/mol. The van der Waals surface area contributed by atoms with Crippen molar-refractivity contribution in [1.82, 2.24) is 4.57 Å². The molecule has 3 aromatic carbocycles. The van der Waals surface area contributed by atoms with Gasteiger partial charge in [0, 0.05) is 18.4 Å². The Morgan fingerprint density at radius 3 is 2.45 bits per heavy atom. The quantitative estimate of drug-likeness (QED) is 0.235. The van der Waals surface area contributed by atoms with Gasteiger partial charge in [-0.3, -0.25) is 9.36 Å². The van der Waals surface area contributed by atoms with Gasteiger partial charge in [0.1, 0.15) is 17.0 Å². The highest BCUT2D eigenvalue weighted by molar-refractivity contribution is 6.00. The molecule has 8 heteroatoms. The minimum atomic E-state index is -1.21. The Morgan fingerprint density at radius 2 is 1.76 bits per heavy atom. The number of ketones is 1. The molecule has 192 valence electrons. The molecule has 2 aliphatic heterocycles. The molecule has 2 aliphatic rings. The molecular formula is C30H26N2O6. The first kappa shape index (κ1) is 24.0. The first-order valence-electron chi connectivity index (χ1n) is 12.4. The van der Waals surface area contributed by atoms with E-state index in [2.05, 4.69) is 4.85 Å². The second kappa shape index (κ2) is 8.35. The summed E-state index contributed by atoms with van der Waals surface area (Å²) in [6.07, 6.45) is -0.347. The maximum Gasteiger partial charge on any atom is 0.205 e. The molecule has 38 heavy (non-hydrogen) atoms. The van der Waals surface area contributed by atoms with E-state index in [1.807, 2.05) is 24.3 Å². The van der Waals surface area contributed by atoms with Crippen LogP contribution in [0.15, 0.2) is 60.7 Å². The molecule has 3 heterocycles. The molecule has 3 atom stereocenters. The van der Waals surface area contributed by atoms with Crippen molar-refractivity contribution in [3.8, 4) is 23.2 Å². The molecule has 2 bridgehead atoms. The summed E-state index contributed by atoms with van der Waals surface area (Å²) < 4.78 is 13.7. The number of Topliss-reactive ketones (excluding diaryl/α,β-unsaturated/α-hetero) is 1. The van der Waals surface area contributed by atoms with Crippen molar-refractivity contribution in [2.24, 2.45) is 0 Å². The van der Waals surface area contributed by atoms with Crippen molar-refractivity contribution in [1.29, 1.82) is 0 Å². The maximum atomic E-state index is 11.6. The highest BCUT2D eigenvalue weighted by Crippen LogP contribution is 2.65. The van der Waals surface area contributed by atoms with Gasteiger partial charge in [0.05, 0.1) is 36.1 Å². The van der Waals surface area contributed by atoms with Crippen molar-refractivity contribution >= 4 is 22.2 Å². The Hall–Kier alpha value is -4.32. The second-order valence-electron chi connectivity index (χ2n) is 10.1. The number of nitrogens with zero attached hydrogens (tertiary/aromatic N) is 2. The van der Waals surface area contributed by atoms with Crippen LogP contribution in [-0.2, 0) is 15.9 Å². The van der Waals surface area contributed by atoms with Crippen molar-refractivity contribution < 1.29 is 29.6 Å². The summed E-state index contributed by atoms with van der Waals surface area (Å²) in [6.45, 7) is 10.9. The van der Waals surface area contributed by atoms with E-state index in [4.69, 9.17) is 16.0 Å². The van der Waals surface area contributed by atoms with Gasteiger partial charge >= 0.3 is 0 Å². The summed E-state index contributed by atoms with van der Waals surface area (Å²) in [6, 6.07) is 17.6. The SMILES string of the molecule is [C-]#[N+]c1ccc(-n2c(O)c3c(c2O)C2(C)OC3(CCOc3ccc(C(C)=O)cc3)CC2O)c2ccccc12. The van der Waals surface area contributed by atoms with Gasteiger partial charge in [-0.1, -0.05) is 30.3 Å². The number of hydrogen-bond acceptors (Lipinski definition) is 6. The number of ether oxygens (including phenoxy) is 2. The van der Waals surface area contributed by atoms with Gasteiger partial charge in [-0.05, 0) is 55.0 Å². The van der Waals surface area contributed by atoms with Crippen LogP contribution in [0.1, 0.15) is 48.2 Å². The van der Waals surface area contributed by atoms with Gasteiger partial charge in [0.2, 0.25) is 11.8 Å². The first-order valence-corrected chi connectivity index (χ1v) is 12.4. The van der Waals surface area contributed by atoms with Gasteiger partial charge in [-0.2, -0.15) is 0 Å². The Bertz CT molecular complexity index is 1650. The molecule has 1 fully saturated rings. The lowest BCUT2D eigenvalue weighted by Crippen LogP contribution is -2.33. The fourth-order valence-corrected chi connectivity index (χ4v) is 6.03. The summed E-state index contributed by atoms with van der Waals surface area (Å²) in [5.74, 6) is 0.182. The van der Waals surface area contributed by atoms with Crippen molar-refractivity contribution in [2.45, 2.75) is 44.0 Å². The van der Waals surface area contributed by atoms with Crippen LogP contribution in [0.2, 0.25) is 0 Å². The summed E-state index contributed by atoms with van der Waals surface area (Å²) in [5.41, 5.74) is 0.104. The number of hydrogen-bond donors (Lipinski definition) is 3. The third-order valence-electron chi connectivity index (χ3n) is 7.91. The third kappa shape index (κ3) is 3.26. The number of carbonyl (C=O) groups is 1. The van der Waals surface area contributed by atoms with Gasteiger partial charge in [-0.25, -0.2) is 4.85 Å². The minimum absolute atomic E-state index is 0.0298. The predicted octanol–water partition coefficient (Wildman–Crippen LogP) is 5.47. The number of aromatic hydroxyl groups is 2. The molecule has 8 nitrogen and oxygen atoms in total. The zero-order chi connectivity index (χ0) is 26.8. The molecule has 0 spiro atoms. The number of benzene rings is 3. The molecule has 1 aromatic heterocycles. The van der Waals surface area contributed by atoms with Crippen LogP contribution in [0.25, 0.3) is 21.3 Å². The number of aliphatic hydroxyl groups excluding tert-OH is 1. The molecular weight excluding hydrogens is 484 g/mol. The normalized spacial score (nSPS) is 23.4. The highest BCUT2D eigenvalue weighted by Gasteiger charge is 2.66. The Balaban J connectivity index is 1.40. The van der Waals surface area contributed by atoms with E-state index in [9.17, 15) is 20.1 Å². The Kier molecular flexibility index (Phi) is 5.28. The van der Waals surface area contributed by atoms with E-state index in [-0.39, 0.29) is 30.6 Å². The Labute approximate surface area is 219 Å². The summed E-state index contributed by atoms with van der Waals surface area (Å²) in [4.78, 5) is 15.1. The zero-order valence-electron chi connectivity index (χ0n) is 20.9. The van der Waals surface area contributed by atoms with Gasteiger partial charge in [-0.15, -0.1) is 0 Å². The van der Waals surface area contributed by atoms with Gasteiger partial charge in [0.15, 0.2) is 11.5 Å². The van der Waals surface area contributed by atoms with Crippen molar-refractivity contribution in [2.75, 3.05) is 6.61 Å². The van der Waals surface area contributed by atoms with E-state index in [0.29, 0.717) is 51.0 Å². The molecule has 6 rings (SSSR count). The van der Waals surface area contributed by atoms with Crippen LogP contribution >= 0.6 is 0 Å². The van der Waals surface area contributed by atoms with E-state index in [0.717, 1.165) is 0 Å². The lowest BCUT2D eigenvalue weighted by Gasteiger charge is -2.26. The van der Waals surface area contributed by atoms with Gasteiger partial charge < -0.3 is 24.8 Å². The number of fused-ring (bicyclic) bond motifs is 6. The summed E-state index contributed by atoms with van der Waals surface area (Å²) in [7, 11) is 0. The van der Waals surface area contributed by atoms with Crippen LogP contribution in [0.5, 0.6) is 17.5 Å². The van der Waals surface area contributed by atoms with Crippen molar-refractivity contribution in [3.63, 3.8) is 0 Å². The highest BCUT2D eigenvalue weighted by atomic mass is 16.6. The average Bonchev–Trinajstić information content (AvgIpc) is 3.44. The van der Waals surface area contributed by atoms with Crippen LogP contribution in [0.4, 0.5) is 5.69 Å². The molecule has 3 N–H and O–H groups in total. The molecule has 3 unspecified atom stereocenters. The van der Waals surface area contributed by atoms with E-state index >= 15 is 0 Å². The molecule has 1 saturated heterocycles. The number of rotatable bonds is 6. The number of aliphatic hydroxyl groups is 1. The lowest BCUT2D eigenvalue weighted by molar-refractivity contribution is -0.107. The number of aromatic nitrogens is 1. The zero-order valence-corrected chi connectivity index (χ0v) is 20.9. The maximum absolute atomic E-state index is 11.6. The Morgan fingerprint density at radius 1 is 1.08 bits per heavy atom. The number of carbonyl (C=O) groups excluding carboxylic acids is 1. The topological polar surface area (TPSA) is 106 Å². The molecule has 0 amide bonds. The first-order chi connectivity index (χ1) is 18.2. The second-order valence-corrected chi connectivity index (χ2v) is 10.1. The fourth-order valence-electron chi connectivity index (χ4n) is 6.03. The van der Waals surface area contributed by atoms with Crippen LogP contribution in [0.3, 0.4) is 0 Å². The van der Waals surface area contributed by atoms with Crippen molar-refractivity contribution in [3.05, 3.63) is 88.8 Å². The van der Waals surface area contributed by atoms with Gasteiger partial charge in [0.25, 0.3) is 0 Å². The van der Waals surface area contributed by atoms with E-state index < -0.39 is 17.3 Å². The predicted molar refractivity (Wildman–Crippen MR) is 140 cm³/mol. The summed E-state index contributed by atoms with van der Waals surface area (Å²) in [5, 5.41) is 35.4. The van der Waals surface area contributed by atoms with Crippen LogP contribution < -0.4 is 4.74 Å². The molecule has 0 radical (unpaired) electrons. The fraction of sp³-hybridized carbons (Fsp3) is 0.267. The summed E-state index contributed by atoms with van der Waals surface area (Å²) >= 11 is 0. The monoisotopic (exact) mass is 510 g/mol. The molecule has 0 saturated carbocycles. The van der Waals surface area contributed by atoms with Crippen LogP contribution in [0, 0.1) is 6.57 Å². The van der Waals surface area contributed by atoms with E-state index in [1.54, 1.807) is 43.3 Å². The van der Waals surface area contributed by atoms with Crippen LogP contribution in [-0.4, -0.2) is 38.4 Å².